The van der Waals surface area contributed by atoms with Crippen LogP contribution in [0.2, 0.25) is 0 Å². The van der Waals surface area contributed by atoms with Crippen LogP contribution in [0.25, 0.3) is 43.9 Å². The highest BCUT2D eigenvalue weighted by Gasteiger charge is 2.18. The monoisotopic (exact) mass is 805 g/mol. The standard InChI is InChI=1S/C19H15N5S.C8H14N2O2.C5H11N.C4H7NO3.2C3H8/c1-24-8-14(12-2-4-13(5-3-12)16-6-20-10-22-16)19-18(24)15(9-25-19)17-7-21-11-23-17;1-7(11)9-6-8(12)10-4-2-3-5-10;1-6-4-2-3-5-6;1-8-4(7)5-2-3-6;2*1-3-2/h2-11H,1H3,(H,20,22)(H,21,23);2-6H2,1H3,(H,9,11);2-5H2,1H3;3H,2H2,1H3,(H,5,7);2*3H2,1-2H3. The Balaban J connectivity index is 0.000000291. The van der Waals surface area contributed by atoms with Crippen LogP contribution in [-0.2, 0) is 26.2 Å². The highest BCUT2D eigenvalue weighted by molar-refractivity contribution is 7.18. The van der Waals surface area contributed by atoms with E-state index in [1.807, 2.05) is 12.4 Å². The van der Waals surface area contributed by atoms with Crippen molar-refractivity contribution < 1.29 is 23.9 Å². The fraction of sp³-hybridized carbons (Fsp3) is 0.476. The molecule has 0 atom stereocenters. The number of methoxy groups -OCH3 is 1. The minimum Gasteiger partial charge on any atom is -0.453 e. The normalized spacial score (nSPS) is 12.8. The second kappa shape index (κ2) is 27.3. The van der Waals surface area contributed by atoms with Crippen LogP contribution >= 0.6 is 11.3 Å². The number of thiophene rings is 1. The molecule has 312 valence electrons. The van der Waals surface area contributed by atoms with Gasteiger partial charge in [0, 0.05) is 49.8 Å². The van der Waals surface area contributed by atoms with E-state index < -0.39 is 6.09 Å². The topological polar surface area (TPSA) is 170 Å². The number of nitrogens with one attached hydrogen (secondary N) is 4. The number of aromatic nitrogens is 5. The molecule has 0 saturated carbocycles. The Labute approximate surface area is 341 Å². The van der Waals surface area contributed by atoms with E-state index in [4.69, 9.17) is 0 Å². The number of benzene rings is 1. The van der Waals surface area contributed by atoms with Gasteiger partial charge < -0.3 is 44.5 Å². The number of imidazole rings is 2. The number of likely N-dealkylation sites (tertiary alicyclic amines) is 2. The minimum atomic E-state index is -0.586. The summed E-state index contributed by atoms with van der Waals surface area (Å²) in [5.74, 6) is -0.120. The van der Waals surface area contributed by atoms with Gasteiger partial charge in [0.25, 0.3) is 0 Å². The molecule has 2 aliphatic heterocycles. The summed E-state index contributed by atoms with van der Waals surface area (Å²) in [5, 5.41) is 6.84. The molecule has 4 aromatic heterocycles. The number of hydrogen-bond donors (Lipinski definition) is 4. The highest BCUT2D eigenvalue weighted by atomic mass is 32.1. The molecule has 2 saturated heterocycles. The fourth-order valence-corrected chi connectivity index (χ4v) is 6.74. The van der Waals surface area contributed by atoms with Crippen LogP contribution in [0.1, 0.15) is 73.1 Å². The number of amides is 3. The van der Waals surface area contributed by atoms with Crippen molar-refractivity contribution in [3.8, 4) is 33.6 Å². The van der Waals surface area contributed by atoms with E-state index in [2.05, 4.69) is 122 Å². The molecule has 0 radical (unpaired) electrons. The summed E-state index contributed by atoms with van der Waals surface area (Å²) in [5.41, 5.74) is 8.12. The van der Waals surface area contributed by atoms with Crippen molar-refractivity contribution in [2.45, 2.75) is 73.1 Å². The number of fused-ring (bicyclic) bond motifs is 1. The molecule has 0 bridgehead atoms. The predicted molar refractivity (Wildman–Crippen MR) is 231 cm³/mol. The molecule has 57 heavy (non-hydrogen) atoms. The largest absolute Gasteiger partial charge is 0.453 e. The SMILES string of the molecule is CC(=O)NCC(=O)N1CCCC1.CCC.CCC.CN1CCCC1.COC(=O)NCC=O.Cn1cc(-c2ccc(-c3cnc[nH]3)cc2)c2scc(-c3cnc[nH]3)c21. The maximum atomic E-state index is 11.3. The molecule has 14 nitrogen and oxygen atoms in total. The van der Waals surface area contributed by atoms with Gasteiger partial charge in [-0.1, -0.05) is 64.8 Å². The Morgan fingerprint density at radius 1 is 0.825 bits per heavy atom. The Bertz CT molecular complexity index is 1840. The van der Waals surface area contributed by atoms with E-state index in [1.165, 1.54) is 79.7 Å². The van der Waals surface area contributed by atoms with E-state index in [-0.39, 0.29) is 24.9 Å². The lowest BCUT2D eigenvalue weighted by Gasteiger charge is -2.14. The summed E-state index contributed by atoms with van der Waals surface area (Å²) in [6.45, 7) is 14.4. The molecule has 2 fully saturated rings. The van der Waals surface area contributed by atoms with Crippen molar-refractivity contribution >= 4 is 45.7 Å². The van der Waals surface area contributed by atoms with Gasteiger partial charge in [-0.3, -0.25) is 9.59 Å². The number of nitrogens with zero attached hydrogens (tertiary/aromatic N) is 5. The van der Waals surface area contributed by atoms with Crippen LogP contribution < -0.4 is 10.6 Å². The number of aryl methyl sites for hydroxylation is 1. The van der Waals surface area contributed by atoms with Gasteiger partial charge in [-0.15, -0.1) is 11.3 Å². The summed E-state index contributed by atoms with van der Waals surface area (Å²) >= 11 is 1.77. The van der Waals surface area contributed by atoms with E-state index in [0.717, 1.165) is 42.9 Å². The first-order chi connectivity index (χ1) is 27.5. The number of aromatic amines is 2. The first kappa shape index (κ1) is 47.9. The third-order valence-electron chi connectivity index (χ3n) is 8.27. The quantitative estimate of drug-likeness (QED) is 0.123. The van der Waals surface area contributed by atoms with Gasteiger partial charge in [0.2, 0.25) is 11.8 Å². The molecule has 6 heterocycles. The lowest BCUT2D eigenvalue weighted by atomic mass is 10.1. The number of rotatable bonds is 7. The number of hydrogen-bond acceptors (Lipinski definition) is 9. The van der Waals surface area contributed by atoms with Crippen LogP contribution in [0.3, 0.4) is 0 Å². The smallest absolute Gasteiger partial charge is 0.407 e. The number of aldehydes is 1. The molecule has 2 aliphatic rings. The van der Waals surface area contributed by atoms with Gasteiger partial charge in [-0.2, -0.15) is 0 Å². The van der Waals surface area contributed by atoms with Crippen LogP contribution in [-0.4, -0.2) is 112 Å². The molecule has 5 aromatic rings. The van der Waals surface area contributed by atoms with Crippen LogP contribution in [0.4, 0.5) is 4.79 Å². The summed E-state index contributed by atoms with van der Waals surface area (Å²) in [7, 11) is 5.50. The zero-order valence-corrected chi connectivity index (χ0v) is 35.8. The van der Waals surface area contributed by atoms with Crippen molar-refractivity contribution in [3.63, 3.8) is 0 Å². The van der Waals surface area contributed by atoms with Gasteiger partial charge in [-0.05, 0) is 56.9 Å². The summed E-state index contributed by atoms with van der Waals surface area (Å²) in [4.78, 5) is 60.1. The lowest BCUT2D eigenvalue weighted by molar-refractivity contribution is -0.131. The van der Waals surface area contributed by atoms with E-state index >= 15 is 0 Å². The number of ether oxygens (including phenoxy) is 1. The van der Waals surface area contributed by atoms with Crippen LogP contribution in [0, 0.1) is 0 Å². The number of H-pyrrole nitrogens is 2. The molecule has 0 unspecified atom stereocenters. The summed E-state index contributed by atoms with van der Waals surface area (Å²) < 4.78 is 7.63. The molecule has 3 amide bonds. The molecule has 1 aromatic carbocycles. The molecule has 15 heteroatoms. The zero-order valence-electron chi connectivity index (χ0n) is 35.0. The van der Waals surface area contributed by atoms with E-state index in [0.29, 0.717) is 6.29 Å². The molecule has 0 aliphatic carbocycles. The van der Waals surface area contributed by atoms with Crippen molar-refractivity contribution in [1.82, 2.24) is 44.9 Å². The zero-order chi connectivity index (χ0) is 42.0. The minimum absolute atomic E-state index is 0.00662. The predicted octanol–water partition coefficient (Wildman–Crippen LogP) is 7.52. The molecule has 7 rings (SSSR count). The summed E-state index contributed by atoms with van der Waals surface area (Å²) in [6.07, 6.45) is 16.8. The van der Waals surface area contributed by atoms with Gasteiger partial charge >= 0.3 is 6.09 Å². The van der Waals surface area contributed by atoms with Crippen molar-refractivity contribution in [1.29, 1.82) is 0 Å². The van der Waals surface area contributed by atoms with Crippen molar-refractivity contribution in [2.75, 3.05) is 53.4 Å². The first-order valence-corrected chi connectivity index (χ1v) is 20.5. The number of carbonyl (C=O) groups is 4. The van der Waals surface area contributed by atoms with Crippen molar-refractivity contribution in [2.24, 2.45) is 7.05 Å². The van der Waals surface area contributed by atoms with Gasteiger partial charge in [0.05, 0.1) is 66.9 Å². The van der Waals surface area contributed by atoms with Gasteiger partial charge in [0.1, 0.15) is 6.29 Å². The van der Waals surface area contributed by atoms with Gasteiger partial charge in [0.15, 0.2) is 0 Å². The van der Waals surface area contributed by atoms with E-state index in [1.54, 1.807) is 28.9 Å². The maximum absolute atomic E-state index is 11.3. The Morgan fingerprint density at radius 3 is 1.84 bits per heavy atom. The molecule has 0 spiro atoms. The molecular weight excluding hydrogens is 743 g/mol. The average molecular weight is 806 g/mol. The highest BCUT2D eigenvalue weighted by Crippen LogP contribution is 2.40. The Morgan fingerprint density at radius 2 is 1.37 bits per heavy atom. The third kappa shape index (κ3) is 16.8. The molecule has 4 N–H and O–H groups in total. The van der Waals surface area contributed by atoms with E-state index in [9.17, 15) is 19.2 Å². The molecular formula is C42H63N9O5S. The summed E-state index contributed by atoms with van der Waals surface area (Å²) in [6, 6.07) is 8.59. The second-order valence-electron chi connectivity index (χ2n) is 13.5. The lowest BCUT2D eigenvalue weighted by Crippen LogP contribution is -2.37. The fourth-order valence-electron chi connectivity index (χ4n) is 5.60. The number of carbonyl (C=O) groups excluding carboxylic acids is 4. The Kier molecular flexibility index (Phi) is 23.0. The Hall–Kier alpha value is -5.28. The third-order valence-corrected chi connectivity index (χ3v) is 9.27. The number of alkyl carbamates (subject to hydrolysis) is 1. The van der Waals surface area contributed by atoms with Crippen LogP contribution in [0.5, 0.6) is 0 Å². The average Bonchev–Trinajstić information content (AvgIpc) is 4.06. The second-order valence-corrected chi connectivity index (χ2v) is 14.3. The van der Waals surface area contributed by atoms with Gasteiger partial charge in [-0.25, -0.2) is 14.8 Å². The van der Waals surface area contributed by atoms with Crippen molar-refractivity contribution in [3.05, 3.63) is 60.9 Å². The van der Waals surface area contributed by atoms with Crippen LogP contribution in [0.15, 0.2) is 60.9 Å². The first-order valence-electron chi connectivity index (χ1n) is 19.6. The maximum Gasteiger partial charge on any atom is 0.407 e.